The lowest BCUT2D eigenvalue weighted by Gasteiger charge is -2.40. The molecule has 1 aliphatic heterocycles. The third-order valence-electron chi connectivity index (χ3n) is 6.97. The number of nitrogens with one attached hydrogen (secondary N) is 1. The lowest BCUT2D eigenvalue weighted by atomic mass is 9.67. The number of allylic oxidation sites excluding steroid dienone is 1. The summed E-state index contributed by atoms with van der Waals surface area (Å²) in [5.41, 5.74) is 5.56. The van der Waals surface area contributed by atoms with Crippen molar-refractivity contribution in [1.82, 2.24) is 10.2 Å². The number of methoxy groups -OCH3 is 2. The molecule has 1 amide bonds. The topological polar surface area (TPSA) is 50.8 Å². The van der Waals surface area contributed by atoms with Gasteiger partial charge in [0.1, 0.15) is 11.5 Å². The van der Waals surface area contributed by atoms with Gasteiger partial charge in [-0.2, -0.15) is 0 Å². The molecule has 0 radical (unpaired) electrons. The smallest absolute Gasteiger partial charge is 0.253 e. The van der Waals surface area contributed by atoms with Crippen LogP contribution in [0, 0.1) is 5.41 Å². The van der Waals surface area contributed by atoms with Gasteiger partial charge in [0.15, 0.2) is 0 Å². The zero-order valence-corrected chi connectivity index (χ0v) is 19.7. The highest BCUT2D eigenvalue weighted by atomic mass is 16.5. The second-order valence-corrected chi connectivity index (χ2v) is 8.77. The largest absolute Gasteiger partial charge is 0.497 e. The second kappa shape index (κ2) is 9.37. The van der Waals surface area contributed by atoms with Crippen LogP contribution in [0.15, 0.2) is 42.5 Å². The molecule has 5 nitrogen and oxygen atoms in total. The Hall–Kier alpha value is -2.79. The molecule has 0 aromatic heterocycles. The van der Waals surface area contributed by atoms with Crippen LogP contribution in [0.4, 0.5) is 0 Å². The first-order chi connectivity index (χ1) is 15.5. The quantitative estimate of drug-likeness (QED) is 0.725. The monoisotopic (exact) mass is 434 g/mol. The van der Waals surface area contributed by atoms with Crippen LogP contribution in [0.25, 0.3) is 5.57 Å². The van der Waals surface area contributed by atoms with Gasteiger partial charge in [-0.15, -0.1) is 0 Å². The van der Waals surface area contributed by atoms with Crippen molar-refractivity contribution in [2.24, 2.45) is 5.41 Å². The van der Waals surface area contributed by atoms with Crippen LogP contribution in [-0.4, -0.2) is 51.2 Å². The van der Waals surface area contributed by atoms with Crippen LogP contribution in [0.5, 0.6) is 11.5 Å². The van der Waals surface area contributed by atoms with Crippen LogP contribution in [0.1, 0.15) is 53.7 Å². The number of amides is 1. The van der Waals surface area contributed by atoms with E-state index in [1.165, 1.54) is 11.1 Å². The maximum Gasteiger partial charge on any atom is 0.253 e. The summed E-state index contributed by atoms with van der Waals surface area (Å²) in [7, 11) is 3.42. The Balaban J connectivity index is 1.80. The summed E-state index contributed by atoms with van der Waals surface area (Å²) in [5, 5.41) is 3.50. The Morgan fingerprint density at radius 3 is 2.31 bits per heavy atom. The zero-order valence-electron chi connectivity index (χ0n) is 19.7. The van der Waals surface area contributed by atoms with Crippen molar-refractivity contribution in [1.29, 1.82) is 0 Å². The summed E-state index contributed by atoms with van der Waals surface area (Å²) < 4.78 is 11.4. The van der Waals surface area contributed by atoms with Gasteiger partial charge in [0.25, 0.3) is 5.91 Å². The predicted octanol–water partition coefficient (Wildman–Crippen LogP) is 4.54. The molecule has 32 heavy (non-hydrogen) atoms. The van der Waals surface area contributed by atoms with E-state index in [0.717, 1.165) is 60.5 Å². The first-order valence-corrected chi connectivity index (χ1v) is 11.6. The van der Waals surface area contributed by atoms with E-state index in [1.54, 1.807) is 14.2 Å². The lowest BCUT2D eigenvalue weighted by Crippen LogP contribution is -2.38. The Bertz CT molecular complexity index is 1000. The zero-order chi connectivity index (χ0) is 22.7. The SMILES string of the molecule is CCN(CC)C(=O)c1ccc(C2=CC3(CCNCC3)Cc3cc(OC)cc(OC)c32)cc1. The molecule has 1 N–H and O–H groups in total. The molecule has 2 aliphatic rings. The van der Waals surface area contributed by atoms with E-state index in [0.29, 0.717) is 13.1 Å². The van der Waals surface area contributed by atoms with Crippen molar-refractivity contribution >= 4 is 11.5 Å². The molecule has 1 heterocycles. The molecule has 5 heteroatoms. The molecule has 1 saturated heterocycles. The summed E-state index contributed by atoms with van der Waals surface area (Å²) in [5.74, 6) is 1.74. The average molecular weight is 435 g/mol. The summed E-state index contributed by atoms with van der Waals surface area (Å²) in [4.78, 5) is 14.6. The first-order valence-electron chi connectivity index (χ1n) is 11.6. The van der Waals surface area contributed by atoms with E-state index >= 15 is 0 Å². The van der Waals surface area contributed by atoms with Crippen molar-refractivity contribution < 1.29 is 14.3 Å². The average Bonchev–Trinajstić information content (AvgIpc) is 2.84. The third-order valence-corrected chi connectivity index (χ3v) is 6.97. The van der Waals surface area contributed by atoms with Gasteiger partial charge in [0.2, 0.25) is 0 Å². The summed E-state index contributed by atoms with van der Waals surface area (Å²) in [6.45, 7) is 7.50. The minimum absolute atomic E-state index is 0.0803. The van der Waals surface area contributed by atoms with Gasteiger partial charge in [-0.25, -0.2) is 0 Å². The molecule has 0 unspecified atom stereocenters. The molecule has 1 spiro atoms. The van der Waals surface area contributed by atoms with E-state index in [4.69, 9.17) is 9.47 Å². The fourth-order valence-electron chi connectivity index (χ4n) is 5.14. The fraction of sp³-hybridized carbons (Fsp3) is 0.444. The number of piperidine rings is 1. The van der Waals surface area contributed by atoms with E-state index in [-0.39, 0.29) is 11.3 Å². The van der Waals surface area contributed by atoms with Gasteiger partial charge in [-0.1, -0.05) is 18.2 Å². The number of nitrogens with zero attached hydrogens (tertiary/aromatic N) is 1. The fourth-order valence-corrected chi connectivity index (χ4v) is 5.14. The summed E-state index contributed by atoms with van der Waals surface area (Å²) >= 11 is 0. The number of hydrogen-bond donors (Lipinski definition) is 1. The van der Waals surface area contributed by atoms with Crippen LogP contribution in [-0.2, 0) is 6.42 Å². The Labute approximate surface area is 191 Å². The number of carbonyl (C=O) groups is 1. The minimum Gasteiger partial charge on any atom is -0.497 e. The predicted molar refractivity (Wildman–Crippen MR) is 129 cm³/mol. The summed E-state index contributed by atoms with van der Waals surface area (Å²) in [6.07, 6.45) is 5.66. The molecule has 1 fully saturated rings. The Kier molecular flexibility index (Phi) is 6.56. The molecule has 2 aromatic rings. The van der Waals surface area contributed by atoms with Gasteiger partial charge in [-0.05, 0) is 86.5 Å². The number of carbonyl (C=O) groups excluding carboxylic acids is 1. The van der Waals surface area contributed by atoms with Gasteiger partial charge in [0, 0.05) is 30.3 Å². The van der Waals surface area contributed by atoms with Gasteiger partial charge in [-0.3, -0.25) is 4.79 Å². The minimum atomic E-state index is 0.0803. The molecule has 0 bridgehead atoms. The van der Waals surface area contributed by atoms with Crippen LogP contribution >= 0.6 is 0 Å². The van der Waals surface area contributed by atoms with Gasteiger partial charge in [0.05, 0.1) is 14.2 Å². The molecule has 2 aromatic carbocycles. The van der Waals surface area contributed by atoms with Crippen molar-refractivity contribution in [2.75, 3.05) is 40.4 Å². The summed E-state index contributed by atoms with van der Waals surface area (Å²) in [6, 6.07) is 12.2. The normalized spacial score (nSPS) is 16.8. The highest BCUT2D eigenvalue weighted by Crippen LogP contribution is 2.48. The number of hydrogen-bond acceptors (Lipinski definition) is 4. The van der Waals surface area contributed by atoms with Crippen molar-refractivity contribution in [2.45, 2.75) is 33.1 Å². The maximum absolute atomic E-state index is 12.8. The number of rotatable bonds is 6. The molecular weight excluding hydrogens is 400 g/mol. The van der Waals surface area contributed by atoms with Crippen LogP contribution in [0.2, 0.25) is 0 Å². The molecule has 1 aliphatic carbocycles. The lowest BCUT2D eigenvalue weighted by molar-refractivity contribution is 0.0773. The van der Waals surface area contributed by atoms with Gasteiger partial charge >= 0.3 is 0 Å². The molecule has 0 saturated carbocycles. The maximum atomic E-state index is 12.8. The highest BCUT2D eigenvalue weighted by molar-refractivity contribution is 5.95. The van der Waals surface area contributed by atoms with Crippen molar-refractivity contribution in [3.63, 3.8) is 0 Å². The number of benzene rings is 2. The van der Waals surface area contributed by atoms with E-state index in [9.17, 15) is 4.79 Å². The van der Waals surface area contributed by atoms with E-state index in [1.807, 2.05) is 36.9 Å². The standard InChI is InChI=1S/C27H34N2O3/c1-5-29(6-2)26(30)20-9-7-19(8-10-20)23-18-27(11-13-28-14-12-27)17-21-15-22(31-3)16-24(32-4)25(21)23/h7-10,15-16,18,28H,5-6,11-14,17H2,1-4H3. The second-order valence-electron chi connectivity index (χ2n) is 8.77. The van der Waals surface area contributed by atoms with Gasteiger partial charge < -0.3 is 19.7 Å². The Morgan fingerprint density at radius 2 is 1.72 bits per heavy atom. The molecule has 4 rings (SSSR count). The number of ether oxygens (including phenoxy) is 2. The van der Waals surface area contributed by atoms with Crippen molar-refractivity contribution in [3.05, 3.63) is 64.7 Å². The van der Waals surface area contributed by atoms with Crippen LogP contribution in [0.3, 0.4) is 0 Å². The van der Waals surface area contributed by atoms with Crippen molar-refractivity contribution in [3.8, 4) is 11.5 Å². The molecule has 170 valence electrons. The van der Waals surface area contributed by atoms with Crippen LogP contribution < -0.4 is 14.8 Å². The van der Waals surface area contributed by atoms with E-state index in [2.05, 4.69) is 29.6 Å². The third kappa shape index (κ3) is 4.14. The van der Waals surface area contributed by atoms with E-state index < -0.39 is 0 Å². The number of fused-ring (bicyclic) bond motifs is 1. The first kappa shape index (κ1) is 22.4. The highest BCUT2D eigenvalue weighted by Gasteiger charge is 2.36. The molecular formula is C27H34N2O3. The Morgan fingerprint density at radius 1 is 1.03 bits per heavy atom. The molecule has 0 atom stereocenters.